The van der Waals surface area contributed by atoms with Crippen LogP contribution in [0.2, 0.25) is 0 Å². The number of hydrogen-bond acceptors (Lipinski definition) is 3. The molecule has 1 unspecified atom stereocenters. The highest BCUT2D eigenvalue weighted by atomic mass is 16.2. The first-order chi connectivity index (χ1) is 4.74. The topological polar surface area (TPSA) is 67.5 Å². The zero-order valence-electron chi connectivity index (χ0n) is 5.50. The van der Waals surface area contributed by atoms with E-state index in [-0.39, 0.29) is 17.9 Å². The Kier molecular flexibility index (Phi) is 1.71. The predicted molar refractivity (Wildman–Crippen MR) is 38.4 cm³/mol. The van der Waals surface area contributed by atoms with Crippen LogP contribution in [0.1, 0.15) is 6.42 Å². The minimum Gasteiger partial charge on any atom is -0.370 e. The molecule has 4 nitrogen and oxygen atoms in total. The Hall–Kier alpha value is -1.32. The number of carbonyl (C=O) groups is 1. The van der Waals surface area contributed by atoms with Crippen LogP contribution < -0.4 is 11.1 Å². The second kappa shape index (κ2) is 2.51. The number of nitrogens with zero attached hydrogens (tertiary/aromatic N) is 1. The third kappa shape index (κ3) is 1.15. The Balaban J connectivity index is 2.60. The molecule has 0 aromatic rings. The first-order valence-corrected chi connectivity index (χ1v) is 2.99. The SMILES string of the molecule is C=CCC1N=C(N)NC1=O. The minimum absolute atomic E-state index is 0.141. The Morgan fingerprint density at radius 2 is 2.60 bits per heavy atom. The largest absolute Gasteiger partial charge is 0.370 e. The van der Waals surface area contributed by atoms with Gasteiger partial charge in [-0.15, -0.1) is 6.58 Å². The average Bonchev–Trinajstić information content (AvgIpc) is 2.13. The lowest BCUT2D eigenvalue weighted by molar-refractivity contribution is -0.120. The van der Waals surface area contributed by atoms with Gasteiger partial charge in [-0.3, -0.25) is 10.1 Å². The minimum atomic E-state index is -0.350. The van der Waals surface area contributed by atoms with Gasteiger partial charge >= 0.3 is 0 Å². The molecule has 1 atom stereocenters. The number of hydrogen-bond donors (Lipinski definition) is 2. The molecule has 0 aromatic carbocycles. The number of nitrogens with two attached hydrogens (primary N) is 1. The number of carbonyl (C=O) groups excluding carboxylic acids is 1. The summed E-state index contributed by atoms with van der Waals surface area (Å²) >= 11 is 0. The van der Waals surface area contributed by atoms with Crippen molar-refractivity contribution in [2.45, 2.75) is 12.5 Å². The van der Waals surface area contributed by atoms with Crippen LogP contribution in [-0.4, -0.2) is 17.9 Å². The Morgan fingerprint density at radius 3 is 3.00 bits per heavy atom. The highest BCUT2D eigenvalue weighted by Crippen LogP contribution is 2.02. The molecule has 4 heteroatoms. The summed E-state index contributed by atoms with van der Waals surface area (Å²) in [7, 11) is 0. The molecule has 0 aliphatic carbocycles. The molecule has 0 aromatic heterocycles. The average molecular weight is 139 g/mol. The fourth-order valence-corrected chi connectivity index (χ4v) is 0.786. The fourth-order valence-electron chi connectivity index (χ4n) is 0.786. The van der Waals surface area contributed by atoms with Gasteiger partial charge in [-0.25, -0.2) is 4.99 Å². The summed E-state index contributed by atoms with van der Waals surface area (Å²) in [5, 5.41) is 2.39. The van der Waals surface area contributed by atoms with Crippen LogP contribution >= 0.6 is 0 Å². The van der Waals surface area contributed by atoms with Crippen molar-refractivity contribution < 1.29 is 4.79 Å². The standard InChI is InChI=1S/C6H9N3O/c1-2-3-4-5(10)9-6(7)8-4/h2,4H,1,3H2,(H3,7,8,9,10). The first-order valence-electron chi connectivity index (χ1n) is 2.99. The van der Waals surface area contributed by atoms with Gasteiger partial charge in [0.1, 0.15) is 6.04 Å². The van der Waals surface area contributed by atoms with E-state index in [0.29, 0.717) is 6.42 Å². The molecule has 0 fully saturated rings. The summed E-state index contributed by atoms with van der Waals surface area (Å²) < 4.78 is 0. The normalized spacial score (nSPS) is 23.8. The van der Waals surface area contributed by atoms with E-state index in [4.69, 9.17) is 5.73 Å². The maximum atomic E-state index is 10.8. The second-order valence-corrected chi connectivity index (χ2v) is 2.04. The van der Waals surface area contributed by atoms with Crippen LogP contribution in [0, 0.1) is 0 Å². The summed E-state index contributed by atoms with van der Waals surface area (Å²) in [6, 6.07) is -0.350. The molecule has 0 bridgehead atoms. The summed E-state index contributed by atoms with van der Waals surface area (Å²) in [5.74, 6) is 0.0641. The molecule has 10 heavy (non-hydrogen) atoms. The van der Waals surface area contributed by atoms with E-state index in [1.807, 2.05) is 0 Å². The molecule has 1 heterocycles. The van der Waals surface area contributed by atoms with Crippen LogP contribution in [0.15, 0.2) is 17.6 Å². The Bertz CT molecular complexity index is 197. The van der Waals surface area contributed by atoms with Crippen molar-refractivity contribution in [3.05, 3.63) is 12.7 Å². The van der Waals surface area contributed by atoms with Gasteiger partial charge in [-0.1, -0.05) is 6.08 Å². The van der Waals surface area contributed by atoms with Gasteiger partial charge in [0.2, 0.25) is 0 Å². The van der Waals surface area contributed by atoms with Crippen molar-refractivity contribution in [1.29, 1.82) is 0 Å². The lowest BCUT2D eigenvalue weighted by Gasteiger charge is -1.96. The molecule has 0 saturated carbocycles. The van der Waals surface area contributed by atoms with Crippen molar-refractivity contribution in [3.63, 3.8) is 0 Å². The van der Waals surface area contributed by atoms with E-state index in [1.165, 1.54) is 0 Å². The molecule has 3 N–H and O–H groups in total. The fraction of sp³-hybridized carbons (Fsp3) is 0.333. The van der Waals surface area contributed by atoms with E-state index < -0.39 is 0 Å². The number of rotatable bonds is 2. The van der Waals surface area contributed by atoms with Gasteiger partial charge in [-0.2, -0.15) is 0 Å². The molecule has 0 saturated heterocycles. The van der Waals surface area contributed by atoms with Crippen molar-refractivity contribution in [2.24, 2.45) is 10.7 Å². The second-order valence-electron chi connectivity index (χ2n) is 2.04. The van der Waals surface area contributed by atoms with Gasteiger partial charge in [0.05, 0.1) is 0 Å². The number of nitrogens with one attached hydrogen (secondary N) is 1. The van der Waals surface area contributed by atoms with Crippen LogP contribution in [0.3, 0.4) is 0 Å². The third-order valence-corrected chi connectivity index (χ3v) is 1.24. The lowest BCUT2D eigenvalue weighted by Crippen LogP contribution is -2.32. The van der Waals surface area contributed by atoms with Crippen molar-refractivity contribution in [3.8, 4) is 0 Å². The Labute approximate surface area is 58.8 Å². The van der Waals surface area contributed by atoms with Gasteiger partial charge in [-0.05, 0) is 6.42 Å². The zero-order valence-corrected chi connectivity index (χ0v) is 5.50. The molecular formula is C6H9N3O. The van der Waals surface area contributed by atoms with Gasteiger partial charge in [0.25, 0.3) is 5.91 Å². The van der Waals surface area contributed by atoms with Gasteiger partial charge < -0.3 is 5.73 Å². The monoisotopic (exact) mass is 139 g/mol. The maximum absolute atomic E-state index is 10.8. The third-order valence-electron chi connectivity index (χ3n) is 1.24. The number of amides is 1. The van der Waals surface area contributed by atoms with E-state index in [0.717, 1.165) is 0 Å². The number of guanidine groups is 1. The lowest BCUT2D eigenvalue weighted by atomic mass is 10.2. The van der Waals surface area contributed by atoms with E-state index in [2.05, 4.69) is 16.9 Å². The van der Waals surface area contributed by atoms with E-state index >= 15 is 0 Å². The highest BCUT2D eigenvalue weighted by molar-refractivity contribution is 6.04. The van der Waals surface area contributed by atoms with Crippen molar-refractivity contribution in [1.82, 2.24) is 5.32 Å². The molecule has 1 amide bonds. The summed E-state index contributed by atoms with van der Waals surface area (Å²) in [4.78, 5) is 14.6. The molecular weight excluding hydrogens is 130 g/mol. The van der Waals surface area contributed by atoms with Crippen LogP contribution in [0.4, 0.5) is 0 Å². The predicted octanol–water partition coefficient (Wildman–Crippen LogP) is -0.624. The van der Waals surface area contributed by atoms with Gasteiger partial charge in [0.15, 0.2) is 5.96 Å². The van der Waals surface area contributed by atoms with Gasteiger partial charge in [0, 0.05) is 0 Å². The van der Waals surface area contributed by atoms with E-state index in [9.17, 15) is 4.79 Å². The summed E-state index contributed by atoms with van der Waals surface area (Å²) in [6.07, 6.45) is 2.19. The first kappa shape index (κ1) is 6.80. The highest BCUT2D eigenvalue weighted by Gasteiger charge is 2.22. The Morgan fingerprint density at radius 1 is 1.90 bits per heavy atom. The molecule has 1 aliphatic heterocycles. The van der Waals surface area contributed by atoms with Crippen molar-refractivity contribution in [2.75, 3.05) is 0 Å². The smallest absolute Gasteiger partial charge is 0.251 e. The molecule has 1 rings (SSSR count). The van der Waals surface area contributed by atoms with Crippen LogP contribution in [-0.2, 0) is 4.79 Å². The molecule has 54 valence electrons. The number of aliphatic imine (C=N–C) groups is 1. The summed E-state index contributed by atoms with van der Waals surface area (Å²) in [5.41, 5.74) is 5.23. The molecule has 0 radical (unpaired) electrons. The van der Waals surface area contributed by atoms with E-state index in [1.54, 1.807) is 6.08 Å². The van der Waals surface area contributed by atoms with Crippen molar-refractivity contribution >= 4 is 11.9 Å². The molecule has 1 aliphatic rings. The van der Waals surface area contributed by atoms with Crippen LogP contribution in [0.5, 0.6) is 0 Å². The quantitative estimate of drug-likeness (QED) is 0.500. The van der Waals surface area contributed by atoms with Crippen LogP contribution in [0.25, 0.3) is 0 Å². The zero-order chi connectivity index (χ0) is 7.56. The maximum Gasteiger partial charge on any atom is 0.251 e. The summed E-state index contributed by atoms with van der Waals surface area (Å²) in [6.45, 7) is 3.49. The molecule has 0 spiro atoms.